The molecule has 3 rings (SSSR count). The average Bonchev–Trinajstić information content (AvgIpc) is 2.68. The lowest BCUT2D eigenvalue weighted by Crippen LogP contribution is -2.06. The van der Waals surface area contributed by atoms with Crippen LogP contribution in [0.15, 0.2) is 65.1 Å². The van der Waals surface area contributed by atoms with E-state index in [1.54, 1.807) is 18.2 Å². The van der Waals surface area contributed by atoms with E-state index >= 15 is 0 Å². The van der Waals surface area contributed by atoms with Crippen molar-refractivity contribution in [1.82, 2.24) is 0 Å². The van der Waals surface area contributed by atoms with Crippen molar-refractivity contribution in [3.8, 4) is 5.75 Å². The summed E-state index contributed by atoms with van der Waals surface area (Å²) in [5.74, 6) is 0.645. The molecule has 0 aliphatic heterocycles. The van der Waals surface area contributed by atoms with Crippen molar-refractivity contribution in [2.24, 2.45) is 0 Å². The summed E-state index contributed by atoms with van der Waals surface area (Å²) in [4.78, 5) is 11.1. The molecule has 0 aromatic heterocycles. The number of hydrogen-bond acceptors (Lipinski definition) is 3. The van der Waals surface area contributed by atoms with Crippen LogP contribution in [0, 0.1) is 0 Å². The van der Waals surface area contributed by atoms with E-state index in [9.17, 15) is 4.79 Å². The Kier molecular flexibility index (Phi) is 7.42. The summed E-state index contributed by atoms with van der Waals surface area (Å²) >= 11 is 16.0. The summed E-state index contributed by atoms with van der Waals surface area (Å²) in [5, 5.41) is 7.27. The van der Waals surface area contributed by atoms with Crippen molar-refractivity contribution in [2.75, 3.05) is 10.6 Å². The molecule has 3 aromatic rings. The summed E-state index contributed by atoms with van der Waals surface area (Å²) in [6.45, 7) is 2.32. The molecular weight excluding hydrogens is 475 g/mol. The monoisotopic (exact) mass is 492 g/mol. The first-order valence-electron chi connectivity index (χ1n) is 8.88. The van der Waals surface area contributed by atoms with E-state index in [1.165, 1.54) is 6.92 Å². The van der Waals surface area contributed by atoms with E-state index < -0.39 is 0 Å². The lowest BCUT2D eigenvalue weighted by atomic mass is 10.2. The standard InChI is InChI=1S/C22H19BrCl2N2O2/c1-14(28)27-18-8-6-17(7-9-18)26-12-15-11-16(23)5-10-22(15)29-13-19-20(24)3-2-4-21(19)25/h2-11,26H,12-13H2,1H3,(H,27,28). The molecule has 0 fully saturated rings. The van der Waals surface area contributed by atoms with Gasteiger partial charge in [0.25, 0.3) is 0 Å². The van der Waals surface area contributed by atoms with Crippen LogP contribution in [0.5, 0.6) is 5.75 Å². The number of rotatable bonds is 7. The molecule has 0 unspecified atom stereocenters. The molecule has 150 valence electrons. The second kappa shape index (κ2) is 10.0. The minimum absolute atomic E-state index is 0.0970. The molecule has 0 aliphatic rings. The fraction of sp³-hybridized carbons (Fsp3) is 0.136. The third-order valence-electron chi connectivity index (χ3n) is 4.14. The van der Waals surface area contributed by atoms with Gasteiger partial charge < -0.3 is 15.4 Å². The van der Waals surface area contributed by atoms with Crippen molar-refractivity contribution < 1.29 is 9.53 Å². The predicted octanol–water partition coefficient (Wildman–Crippen LogP) is 6.91. The predicted molar refractivity (Wildman–Crippen MR) is 123 cm³/mol. The van der Waals surface area contributed by atoms with E-state index in [-0.39, 0.29) is 12.5 Å². The molecule has 1 amide bonds. The topological polar surface area (TPSA) is 50.4 Å². The zero-order chi connectivity index (χ0) is 20.8. The molecule has 0 saturated carbocycles. The zero-order valence-electron chi connectivity index (χ0n) is 15.6. The quantitative estimate of drug-likeness (QED) is 0.376. The number of carbonyl (C=O) groups is 1. The fourth-order valence-electron chi connectivity index (χ4n) is 2.72. The summed E-state index contributed by atoms with van der Waals surface area (Å²) in [7, 11) is 0. The Labute approximate surface area is 188 Å². The highest BCUT2D eigenvalue weighted by Gasteiger charge is 2.10. The molecule has 0 radical (unpaired) electrons. The van der Waals surface area contributed by atoms with Crippen LogP contribution in [0.1, 0.15) is 18.1 Å². The number of nitrogens with one attached hydrogen (secondary N) is 2. The fourth-order valence-corrected chi connectivity index (χ4v) is 3.63. The molecule has 0 aliphatic carbocycles. The number of amides is 1. The molecule has 7 heteroatoms. The maximum atomic E-state index is 11.1. The van der Waals surface area contributed by atoms with E-state index in [0.29, 0.717) is 16.6 Å². The summed E-state index contributed by atoms with van der Waals surface area (Å²) in [6.07, 6.45) is 0. The second-order valence-corrected chi connectivity index (χ2v) is 8.08. The Morgan fingerprint density at radius 2 is 1.66 bits per heavy atom. The molecule has 0 heterocycles. The average molecular weight is 494 g/mol. The van der Waals surface area contributed by atoms with Crippen molar-refractivity contribution in [2.45, 2.75) is 20.1 Å². The number of anilines is 2. The molecule has 4 nitrogen and oxygen atoms in total. The van der Waals surface area contributed by atoms with Gasteiger partial charge in [-0.25, -0.2) is 0 Å². The molecule has 0 saturated heterocycles. The van der Waals surface area contributed by atoms with Crippen molar-refractivity contribution >= 4 is 56.4 Å². The number of hydrogen-bond donors (Lipinski definition) is 2. The number of halogens is 3. The Balaban J connectivity index is 1.69. The van der Waals surface area contributed by atoms with Crippen LogP contribution in [0.2, 0.25) is 10.0 Å². The summed E-state index contributed by atoms with van der Waals surface area (Å²) < 4.78 is 6.97. The zero-order valence-corrected chi connectivity index (χ0v) is 18.7. The van der Waals surface area contributed by atoms with Crippen molar-refractivity contribution in [3.05, 3.63) is 86.3 Å². The van der Waals surface area contributed by atoms with Crippen LogP contribution in [0.4, 0.5) is 11.4 Å². The van der Waals surface area contributed by atoms with Crippen LogP contribution < -0.4 is 15.4 Å². The lowest BCUT2D eigenvalue weighted by molar-refractivity contribution is -0.114. The number of benzene rings is 3. The molecule has 29 heavy (non-hydrogen) atoms. The molecular formula is C22H19BrCl2N2O2. The van der Waals surface area contributed by atoms with Crippen molar-refractivity contribution in [3.63, 3.8) is 0 Å². The molecule has 2 N–H and O–H groups in total. The Morgan fingerprint density at radius 1 is 1.00 bits per heavy atom. The molecule has 3 aromatic carbocycles. The van der Waals surface area contributed by atoms with Gasteiger partial charge in [-0.05, 0) is 54.6 Å². The van der Waals surface area contributed by atoms with E-state index in [0.717, 1.165) is 32.7 Å². The smallest absolute Gasteiger partial charge is 0.221 e. The Hall–Kier alpha value is -2.21. The van der Waals surface area contributed by atoms with Crippen LogP contribution >= 0.6 is 39.1 Å². The second-order valence-electron chi connectivity index (χ2n) is 6.35. The van der Waals surface area contributed by atoms with Gasteiger partial charge in [0.1, 0.15) is 12.4 Å². The van der Waals surface area contributed by atoms with Gasteiger partial charge in [0.15, 0.2) is 0 Å². The highest BCUT2D eigenvalue weighted by molar-refractivity contribution is 9.10. The maximum Gasteiger partial charge on any atom is 0.221 e. The third kappa shape index (κ3) is 6.13. The first-order valence-corrected chi connectivity index (χ1v) is 10.4. The summed E-state index contributed by atoms with van der Waals surface area (Å²) in [6, 6.07) is 18.7. The van der Waals surface area contributed by atoms with Gasteiger partial charge in [0.05, 0.1) is 0 Å². The van der Waals surface area contributed by atoms with Gasteiger partial charge in [-0.3, -0.25) is 4.79 Å². The molecule has 0 bridgehead atoms. The van der Waals surface area contributed by atoms with Crippen molar-refractivity contribution in [1.29, 1.82) is 0 Å². The van der Waals surface area contributed by atoms with Gasteiger partial charge in [0.2, 0.25) is 5.91 Å². The summed E-state index contributed by atoms with van der Waals surface area (Å²) in [5.41, 5.74) is 3.42. The van der Waals surface area contributed by atoms with E-state index in [1.807, 2.05) is 42.5 Å². The normalized spacial score (nSPS) is 10.5. The van der Waals surface area contributed by atoms with Gasteiger partial charge >= 0.3 is 0 Å². The minimum Gasteiger partial charge on any atom is -0.488 e. The van der Waals surface area contributed by atoms with Gasteiger partial charge in [-0.2, -0.15) is 0 Å². The SMILES string of the molecule is CC(=O)Nc1ccc(NCc2cc(Br)ccc2OCc2c(Cl)cccc2Cl)cc1. The molecule has 0 atom stereocenters. The minimum atomic E-state index is -0.0970. The van der Waals surface area contributed by atoms with Crippen LogP contribution in [-0.2, 0) is 17.9 Å². The first-order chi connectivity index (χ1) is 13.9. The van der Waals surface area contributed by atoms with Crippen LogP contribution in [-0.4, -0.2) is 5.91 Å². The maximum absolute atomic E-state index is 11.1. The molecule has 0 spiro atoms. The van der Waals surface area contributed by atoms with E-state index in [2.05, 4.69) is 26.6 Å². The largest absolute Gasteiger partial charge is 0.488 e. The Morgan fingerprint density at radius 3 is 2.31 bits per heavy atom. The Bertz CT molecular complexity index is 990. The highest BCUT2D eigenvalue weighted by atomic mass is 79.9. The van der Waals surface area contributed by atoms with Crippen LogP contribution in [0.25, 0.3) is 0 Å². The van der Waals surface area contributed by atoms with Crippen LogP contribution in [0.3, 0.4) is 0 Å². The van der Waals surface area contributed by atoms with Gasteiger partial charge in [-0.1, -0.05) is 45.2 Å². The van der Waals surface area contributed by atoms with Gasteiger partial charge in [-0.15, -0.1) is 0 Å². The highest BCUT2D eigenvalue weighted by Crippen LogP contribution is 2.29. The van der Waals surface area contributed by atoms with E-state index in [4.69, 9.17) is 27.9 Å². The lowest BCUT2D eigenvalue weighted by Gasteiger charge is -2.15. The number of ether oxygens (including phenoxy) is 1. The third-order valence-corrected chi connectivity index (χ3v) is 5.35. The number of carbonyl (C=O) groups excluding carboxylic acids is 1. The van der Waals surface area contributed by atoms with Gasteiger partial charge in [0, 0.05) is 50.5 Å². The first kappa shape index (κ1) is 21.5.